The largest absolute Gasteiger partial charge is 0.494 e. The summed E-state index contributed by atoms with van der Waals surface area (Å²) in [7, 11) is 0. The number of esters is 1. The Morgan fingerprint density at radius 2 is 1.64 bits per heavy atom. The number of nitrogens with zero attached hydrogens (tertiary/aromatic N) is 2. The quantitative estimate of drug-likeness (QED) is 0.611. The molecule has 0 radical (unpaired) electrons. The number of fused-ring (bicyclic) bond motifs is 1. The van der Waals surface area contributed by atoms with Gasteiger partial charge in [0, 0.05) is 5.69 Å². The lowest BCUT2D eigenvalue weighted by Gasteiger charge is -2.14. The maximum atomic E-state index is 12.6. The van der Waals surface area contributed by atoms with Crippen molar-refractivity contribution in [1.29, 1.82) is 0 Å². The monoisotopic (exact) mass is 379 g/mol. The summed E-state index contributed by atoms with van der Waals surface area (Å²) in [5.41, 5.74) is 4.54. The highest BCUT2D eigenvalue weighted by Crippen LogP contribution is 2.25. The number of ether oxygens (including phenoxy) is 2. The highest BCUT2D eigenvalue weighted by molar-refractivity contribution is 5.96. The van der Waals surface area contributed by atoms with Gasteiger partial charge in [0.25, 0.3) is 0 Å². The summed E-state index contributed by atoms with van der Waals surface area (Å²) in [6, 6.07) is 11.4. The first-order valence-electron chi connectivity index (χ1n) is 9.37. The molecule has 6 heteroatoms. The normalized spacial score (nSPS) is 10.9. The molecule has 3 aromatic rings. The van der Waals surface area contributed by atoms with Crippen molar-refractivity contribution in [2.45, 2.75) is 40.7 Å². The van der Waals surface area contributed by atoms with E-state index in [1.165, 1.54) is 0 Å². The van der Waals surface area contributed by atoms with Crippen molar-refractivity contribution < 1.29 is 14.3 Å². The fourth-order valence-electron chi connectivity index (χ4n) is 2.75. The van der Waals surface area contributed by atoms with Crippen LogP contribution in [0.25, 0.3) is 11.0 Å². The summed E-state index contributed by atoms with van der Waals surface area (Å²) < 4.78 is 10.8. The Morgan fingerprint density at radius 3 is 2.21 bits per heavy atom. The molecular weight excluding hydrogens is 354 g/mol. The van der Waals surface area contributed by atoms with Crippen LogP contribution in [0.2, 0.25) is 0 Å². The van der Waals surface area contributed by atoms with E-state index in [1.807, 2.05) is 57.2 Å². The molecule has 0 aliphatic rings. The van der Waals surface area contributed by atoms with Crippen LogP contribution in [0.15, 0.2) is 36.4 Å². The molecule has 0 spiro atoms. The lowest BCUT2D eigenvalue weighted by Crippen LogP contribution is -2.16. The number of hydrogen-bond donors (Lipinski definition) is 1. The number of hydrogen-bond acceptors (Lipinski definition) is 6. The summed E-state index contributed by atoms with van der Waals surface area (Å²) in [5, 5.41) is 3.19. The lowest BCUT2D eigenvalue weighted by atomic mass is 10.1. The molecule has 6 nitrogen and oxygen atoms in total. The summed E-state index contributed by atoms with van der Waals surface area (Å²) in [6.07, 6.45) is -0.247. The third-order valence-corrected chi connectivity index (χ3v) is 4.24. The number of nitrogens with one attached hydrogen (secondary N) is 1. The van der Waals surface area contributed by atoms with E-state index in [-0.39, 0.29) is 11.8 Å². The van der Waals surface area contributed by atoms with E-state index < -0.39 is 5.97 Å². The molecule has 3 rings (SSSR count). The number of aromatic nitrogens is 2. The fraction of sp³-hybridized carbons (Fsp3) is 0.318. The summed E-state index contributed by atoms with van der Waals surface area (Å²) >= 11 is 0. The lowest BCUT2D eigenvalue weighted by molar-refractivity contribution is 0.0372. The van der Waals surface area contributed by atoms with Crippen molar-refractivity contribution >= 4 is 28.5 Å². The van der Waals surface area contributed by atoms with Crippen molar-refractivity contribution in [1.82, 2.24) is 9.97 Å². The Morgan fingerprint density at radius 1 is 1.04 bits per heavy atom. The third-order valence-electron chi connectivity index (χ3n) is 4.24. The molecule has 146 valence electrons. The Labute approximate surface area is 164 Å². The average Bonchev–Trinajstić information content (AvgIpc) is 2.64. The van der Waals surface area contributed by atoms with E-state index in [2.05, 4.69) is 15.3 Å². The van der Waals surface area contributed by atoms with Crippen LogP contribution in [0, 0.1) is 13.8 Å². The first-order valence-corrected chi connectivity index (χ1v) is 9.37. The minimum Gasteiger partial charge on any atom is -0.494 e. The van der Waals surface area contributed by atoms with Gasteiger partial charge in [0.05, 0.1) is 23.7 Å². The predicted molar refractivity (Wildman–Crippen MR) is 110 cm³/mol. The smallest absolute Gasteiger partial charge is 0.361 e. The van der Waals surface area contributed by atoms with E-state index in [1.54, 1.807) is 13.8 Å². The standard InChI is InChI=1S/C22H25N3O3/c1-6-27-17-9-7-16(8-10-17)23-21-20(22(26)28-13(2)3)24-18-11-14(4)15(5)12-19(18)25-21/h7-13H,6H2,1-5H3,(H,23,25). The van der Waals surface area contributed by atoms with Gasteiger partial charge in [0.15, 0.2) is 11.5 Å². The number of aryl methyl sites for hydroxylation is 2. The van der Waals surface area contributed by atoms with Gasteiger partial charge in [-0.1, -0.05) is 0 Å². The Bertz CT molecular complexity index is 998. The van der Waals surface area contributed by atoms with E-state index in [9.17, 15) is 4.79 Å². The summed E-state index contributed by atoms with van der Waals surface area (Å²) in [4.78, 5) is 21.8. The molecule has 2 aromatic carbocycles. The molecule has 0 fully saturated rings. The van der Waals surface area contributed by atoms with Crippen LogP contribution in [0.1, 0.15) is 42.4 Å². The molecule has 0 saturated heterocycles. The third kappa shape index (κ3) is 4.39. The second-order valence-corrected chi connectivity index (χ2v) is 6.88. The van der Waals surface area contributed by atoms with Gasteiger partial charge in [0.2, 0.25) is 0 Å². The van der Waals surface area contributed by atoms with E-state index >= 15 is 0 Å². The van der Waals surface area contributed by atoms with Crippen LogP contribution in [-0.4, -0.2) is 28.6 Å². The van der Waals surface area contributed by atoms with Crippen molar-refractivity contribution in [3.8, 4) is 5.75 Å². The number of rotatable bonds is 6. The zero-order valence-corrected chi connectivity index (χ0v) is 16.9. The molecule has 28 heavy (non-hydrogen) atoms. The van der Waals surface area contributed by atoms with Gasteiger partial charge < -0.3 is 14.8 Å². The van der Waals surface area contributed by atoms with Crippen LogP contribution >= 0.6 is 0 Å². The molecule has 0 aliphatic heterocycles. The number of anilines is 2. The SMILES string of the molecule is CCOc1ccc(Nc2nc3cc(C)c(C)cc3nc2C(=O)OC(C)C)cc1. The van der Waals surface area contributed by atoms with Gasteiger partial charge in [0.1, 0.15) is 5.75 Å². The maximum Gasteiger partial charge on any atom is 0.361 e. The predicted octanol–water partition coefficient (Wildman–Crippen LogP) is 4.95. The van der Waals surface area contributed by atoms with Crippen molar-refractivity contribution in [3.05, 3.63) is 53.2 Å². The zero-order chi connectivity index (χ0) is 20.3. The van der Waals surface area contributed by atoms with Crippen molar-refractivity contribution in [3.63, 3.8) is 0 Å². The van der Waals surface area contributed by atoms with Crippen LogP contribution in [0.5, 0.6) is 5.75 Å². The van der Waals surface area contributed by atoms with E-state index in [0.29, 0.717) is 17.9 Å². The van der Waals surface area contributed by atoms with Crippen LogP contribution in [0.4, 0.5) is 11.5 Å². The molecule has 0 atom stereocenters. The van der Waals surface area contributed by atoms with Gasteiger partial charge in [-0.15, -0.1) is 0 Å². The minimum absolute atomic E-state index is 0.165. The number of benzene rings is 2. The number of carbonyl (C=O) groups excluding carboxylic acids is 1. The minimum atomic E-state index is -0.504. The first kappa shape index (κ1) is 19.6. The number of carbonyl (C=O) groups is 1. The molecule has 0 saturated carbocycles. The van der Waals surface area contributed by atoms with Gasteiger partial charge in [-0.2, -0.15) is 0 Å². The molecule has 0 unspecified atom stereocenters. The first-order chi connectivity index (χ1) is 13.4. The molecule has 0 amide bonds. The van der Waals surface area contributed by atoms with Gasteiger partial charge in [-0.3, -0.25) is 0 Å². The van der Waals surface area contributed by atoms with Gasteiger partial charge >= 0.3 is 5.97 Å². The van der Waals surface area contributed by atoms with E-state index in [0.717, 1.165) is 28.1 Å². The van der Waals surface area contributed by atoms with Crippen molar-refractivity contribution in [2.75, 3.05) is 11.9 Å². The summed E-state index contributed by atoms with van der Waals surface area (Å²) in [5.74, 6) is 0.643. The van der Waals surface area contributed by atoms with Crippen LogP contribution in [0.3, 0.4) is 0 Å². The second kappa shape index (κ2) is 8.25. The highest BCUT2D eigenvalue weighted by Gasteiger charge is 2.20. The highest BCUT2D eigenvalue weighted by atomic mass is 16.5. The molecule has 0 bridgehead atoms. The van der Waals surface area contributed by atoms with Gasteiger partial charge in [-0.25, -0.2) is 14.8 Å². The molecule has 1 heterocycles. The van der Waals surface area contributed by atoms with Crippen molar-refractivity contribution in [2.24, 2.45) is 0 Å². The fourth-order valence-corrected chi connectivity index (χ4v) is 2.75. The maximum absolute atomic E-state index is 12.6. The molecule has 0 aliphatic carbocycles. The molecule has 1 N–H and O–H groups in total. The zero-order valence-electron chi connectivity index (χ0n) is 16.9. The summed E-state index contributed by atoms with van der Waals surface area (Å²) in [6.45, 7) is 10.2. The molecule has 1 aromatic heterocycles. The molecular formula is C22H25N3O3. The van der Waals surface area contributed by atoms with Gasteiger partial charge in [-0.05, 0) is 82.1 Å². The Balaban J connectivity index is 2.04. The average molecular weight is 379 g/mol. The Kier molecular flexibility index (Phi) is 5.78. The van der Waals surface area contributed by atoms with E-state index in [4.69, 9.17) is 9.47 Å². The van der Waals surface area contributed by atoms with Crippen LogP contribution in [-0.2, 0) is 4.74 Å². The topological polar surface area (TPSA) is 73.3 Å². The second-order valence-electron chi connectivity index (χ2n) is 6.88. The van der Waals surface area contributed by atoms with Crippen LogP contribution < -0.4 is 10.1 Å². The Hall–Kier alpha value is -3.15.